The van der Waals surface area contributed by atoms with Crippen molar-refractivity contribution in [2.75, 3.05) is 35.6 Å². The number of esters is 1. The van der Waals surface area contributed by atoms with Crippen LogP contribution in [0, 0.1) is 12.8 Å². The van der Waals surface area contributed by atoms with E-state index >= 15 is 0 Å². The second-order valence-electron chi connectivity index (χ2n) is 7.45. The Morgan fingerprint density at radius 3 is 3.00 bits per heavy atom. The summed E-state index contributed by atoms with van der Waals surface area (Å²) >= 11 is 0. The number of nitrogens with one attached hydrogen (secondary N) is 1. The monoisotopic (exact) mass is 406 g/mol. The van der Waals surface area contributed by atoms with E-state index in [9.17, 15) is 4.79 Å². The number of aryl methyl sites for hydroxylation is 1. The van der Waals surface area contributed by atoms with Crippen molar-refractivity contribution in [3.63, 3.8) is 0 Å². The minimum atomic E-state index is -0.172. The van der Waals surface area contributed by atoms with Crippen molar-refractivity contribution < 1.29 is 9.53 Å². The number of piperidine rings is 1. The zero-order chi connectivity index (χ0) is 21.1. The van der Waals surface area contributed by atoms with E-state index < -0.39 is 0 Å². The lowest BCUT2D eigenvalue weighted by Crippen LogP contribution is -2.40. The molecule has 8 nitrogen and oxygen atoms in total. The molecule has 1 aliphatic heterocycles. The van der Waals surface area contributed by atoms with Crippen molar-refractivity contribution in [3.8, 4) is 0 Å². The van der Waals surface area contributed by atoms with Crippen LogP contribution in [-0.4, -0.2) is 40.6 Å². The maximum absolute atomic E-state index is 12.2. The van der Waals surface area contributed by atoms with Crippen LogP contribution in [-0.2, 0) is 9.53 Å². The highest BCUT2D eigenvalue weighted by Crippen LogP contribution is 2.33. The minimum Gasteiger partial charge on any atom is -0.466 e. The van der Waals surface area contributed by atoms with Crippen LogP contribution in [0.5, 0.6) is 0 Å². The van der Waals surface area contributed by atoms with Crippen LogP contribution >= 0.6 is 0 Å². The van der Waals surface area contributed by atoms with Gasteiger partial charge >= 0.3 is 5.97 Å². The van der Waals surface area contributed by atoms with Gasteiger partial charge in [-0.15, -0.1) is 0 Å². The van der Waals surface area contributed by atoms with Crippen LogP contribution in [0.1, 0.15) is 25.5 Å². The van der Waals surface area contributed by atoms with E-state index in [1.807, 2.05) is 49.1 Å². The zero-order valence-corrected chi connectivity index (χ0v) is 17.3. The maximum atomic E-state index is 12.2. The number of para-hydroxylation sites is 1. The number of pyridine rings is 1. The second kappa shape index (κ2) is 8.52. The molecule has 0 amide bonds. The molecule has 0 spiro atoms. The first-order valence-electron chi connectivity index (χ1n) is 10.2. The van der Waals surface area contributed by atoms with Crippen LogP contribution in [0.4, 0.5) is 23.0 Å². The van der Waals surface area contributed by atoms with Crippen molar-refractivity contribution in [3.05, 3.63) is 42.4 Å². The summed E-state index contributed by atoms with van der Waals surface area (Å²) in [7, 11) is 0. The van der Waals surface area contributed by atoms with E-state index in [1.54, 1.807) is 0 Å². The third-order valence-electron chi connectivity index (χ3n) is 5.32. The van der Waals surface area contributed by atoms with Crippen LogP contribution in [0.25, 0.3) is 10.9 Å². The fourth-order valence-electron chi connectivity index (χ4n) is 3.83. The highest BCUT2D eigenvalue weighted by atomic mass is 16.5. The van der Waals surface area contributed by atoms with E-state index in [-0.39, 0.29) is 11.9 Å². The number of hydrogen-bond donors (Lipinski definition) is 2. The summed E-state index contributed by atoms with van der Waals surface area (Å²) in [6.45, 7) is 5.49. The summed E-state index contributed by atoms with van der Waals surface area (Å²) in [5.41, 5.74) is 9.53. The van der Waals surface area contributed by atoms with Crippen molar-refractivity contribution in [2.24, 2.45) is 5.92 Å². The van der Waals surface area contributed by atoms with Crippen LogP contribution < -0.4 is 16.0 Å². The Balaban J connectivity index is 1.61. The molecule has 4 rings (SSSR count). The quantitative estimate of drug-likeness (QED) is 0.621. The normalized spacial score (nSPS) is 16.5. The first-order valence-corrected chi connectivity index (χ1v) is 10.2. The van der Waals surface area contributed by atoms with Crippen molar-refractivity contribution in [2.45, 2.75) is 26.7 Å². The van der Waals surface area contributed by atoms with Gasteiger partial charge in [0.15, 0.2) is 11.6 Å². The summed E-state index contributed by atoms with van der Waals surface area (Å²) in [6.07, 6.45) is 3.18. The van der Waals surface area contributed by atoms with E-state index in [1.165, 1.54) is 6.33 Å². The number of fused-ring (bicyclic) bond motifs is 1. The molecule has 0 aliphatic carbocycles. The van der Waals surface area contributed by atoms with Gasteiger partial charge in [0.05, 0.1) is 23.7 Å². The molecule has 3 aromatic rings. The molecule has 1 unspecified atom stereocenters. The Labute approximate surface area is 175 Å². The molecule has 1 fully saturated rings. The van der Waals surface area contributed by atoms with E-state index in [2.05, 4.69) is 20.3 Å². The molecule has 2 aromatic heterocycles. The number of carbonyl (C=O) groups is 1. The minimum absolute atomic E-state index is 0.162. The highest BCUT2D eigenvalue weighted by molar-refractivity contribution is 5.93. The van der Waals surface area contributed by atoms with Gasteiger partial charge in [-0.25, -0.2) is 9.97 Å². The van der Waals surface area contributed by atoms with Gasteiger partial charge in [-0.3, -0.25) is 9.78 Å². The topological polar surface area (TPSA) is 106 Å². The van der Waals surface area contributed by atoms with E-state index in [4.69, 9.17) is 10.5 Å². The largest absolute Gasteiger partial charge is 0.466 e. The molecule has 8 heteroatoms. The van der Waals surface area contributed by atoms with Gasteiger partial charge in [-0.1, -0.05) is 18.2 Å². The number of aromatic nitrogens is 3. The number of rotatable bonds is 5. The van der Waals surface area contributed by atoms with Crippen LogP contribution in [0.2, 0.25) is 0 Å². The number of nitrogen functional groups attached to an aromatic ring is 1. The molecule has 0 radical (unpaired) electrons. The van der Waals surface area contributed by atoms with Gasteiger partial charge in [-0.2, -0.15) is 0 Å². The standard InChI is InChI=1S/C22H26N6O2/c1-3-30-22(29)16-7-5-11-28(12-16)21-18(23)20(24-13-25-21)27-17-8-4-6-15-10-9-14(2)26-19(15)17/h4,6,8-10,13,16H,3,5,7,11-12,23H2,1-2H3,(H,24,25,27). The van der Waals surface area contributed by atoms with Gasteiger partial charge in [-0.05, 0) is 38.8 Å². The maximum Gasteiger partial charge on any atom is 0.310 e. The van der Waals surface area contributed by atoms with Gasteiger partial charge in [0, 0.05) is 24.2 Å². The lowest BCUT2D eigenvalue weighted by molar-refractivity contribution is -0.148. The first kappa shape index (κ1) is 19.9. The number of anilines is 4. The Morgan fingerprint density at radius 2 is 2.17 bits per heavy atom. The summed E-state index contributed by atoms with van der Waals surface area (Å²) in [6, 6.07) is 9.97. The highest BCUT2D eigenvalue weighted by Gasteiger charge is 2.29. The molecule has 1 aromatic carbocycles. The molecular formula is C22H26N6O2. The van der Waals surface area contributed by atoms with Gasteiger partial charge in [0.2, 0.25) is 0 Å². The third-order valence-corrected chi connectivity index (χ3v) is 5.32. The molecular weight excluding hydrogens is 380 g/mol. The molecule has 1 saturated heterocycles. The lowest BCUT2D eigenvalue weighted by Gasteiger charge is -2.33. The fraction of sp³-hybridized carbons (Fsp3) is 0.364. The molecule has 156 valence electrons. The van der Waals surface area contributed by atoms with Crippen molar-refractivity contribution >= 4 is 39.9 Å². The van der Waals surface area contributed by atoms with Crippen LogP contribution in [0.15, 0.2) is 36.7 Å². The van der Waals surface area contributed by atoms with E-state index in [0.29, 0.717) is 30.5 Å². The van der Waals surface area contributed by atoms with E-state index in [0.717, 1.165) is 41.7 Å². The average molecular weight is 406 g/mol. The van der Waals surface area contributed by atoms with Crippen LogP contribution in [0.3, 0.4) is 0 Å². The SMILES string of the molecule is CCOC(=O)C1CCCN(c2ncnc(Nc3cccc4ccc(C)nc34)c2N)C1. The number of carbonyl (C=O) groups excluding carboxylic acids is 1. The fourth-order valence-corrected chi connectivity index (χ4v) is 3.83. The van der Waals surface area contributed by atoms with Gasteiger partial charge < -0.3 is 20.7 Å². The van der Waals surface area contributed by atoms with Crippen molar-refractivity contribution in [1.82, 2.24) is 15.0 Å². The molecule has 0 bridgehead atoms. The first-order chi connectivity index (χ1) is 14.6. The predicted octanol–water partition coefficient (Wildman–Crippen LogP) is 3.44. The number of benzene rings is 1. The number of nitrogens with zero attached hydrogens (tertiary/aromatic N) is 4. The van der Waals surface area contributed by atoms with Crippen molar-refractivity contribution in [1.29, 1.82) is 0 Å². The average Bonchev–Trinajstić information content (AvgIpc) is 2.76. The number of hydrogen-bond acceptors (Lipinski definition) is 8. The summed E-state index contributed by atoms with van der Waals surface area (Å²) in [5, 5.41) is 4.35. The third kappa shape index (κ3) is 3.98. The summed E-state index contributed by atoms with van der Waals surface area (Å²) in [5.74, 6) is 0.819. The Hall–Kier alpha value is -3.42. The zero-order valence-electron chi connectivity index (χ0n) is 17.3. The Kier molecular flexibility index (Phi) is 5.65. The summed E-state index contributed by atoms with van der Waals surface area (Å²) < 4.78 is 5.20. The lowest BCUT2D eigenvalue weighted by atomic mass is 9.98. The molecule has 1 atom stereocenters. The predicted molar refractivity (Wildman–Crippen MR) is 118 cm³/mol. The van der Waals surface area contributed by atoms with Gasteiger partial charge in [0.1, 0.15) is 12.0 Å². The number of ether oxygens (including phenoxy) is 1. The molecule has 3 N–H and O–H groups in total. The second-order valence-corrected chi connectivity index (χ2v) is 7.45. The number of nitrogens with two attached hydrogens (primary N) is 1. The Bertz CT molecular complexity index is 1070. The smallest absolute Gasteiger partial charge is 0.310 e. The molecule has 30 heavy (non-hydrogen) atoms. The Morgan fingerprint density at radius 1 is 1.30 bits per heavy atom. The molecule has 0 saturated carbocycles. The van der Waals surface area contributed by atoms with Gasteiger partial charge in [0.25, 0.3) is 0 Å². The molecule has 1 aliphatic rings. The summed E-state index contributed by atoms with van der Waals surface area (Å²) in [4.78, 5) is 27.6. The molecule has 3 heterocycles.